The molecular weight excluding hydrogens is 288 g/mol. The molecule has 0 amide bonds. The van der Waals surface area contributed by atoms with Gasteiger partial charge in [-0.1, -0.05) is 108 Å². The van der Waals surface area contributed by atoms with E-state index in [4.69, 9.17) is 6.42 Å². The second-order valence-corrected chi connectivity index (χ2v) is 7.16. The van der Waals surface area contributed by atoms with Crippen LogP contribution in [0.2, 0.25) is 0 Å². The SMILES string of the molecule is [C]#CC(CCCCC)c1ccc(CCCCCCCCCC)cc1. The minimum atomic E-state index is 0.189. The van der Waals surface area contributed by atoms with E-state index in [2.05, 4.69) is 44.0 Å². The van der Waals surface area contributed by atoms with Crippen LogP contribution in [0.1, 0.15) is 108 Å². The van der Waals surface area contributed by atoms with E-state index in [-0.39, 0.29) is 5.92 Å². The second kappa shape index (κ2) is 14.2. The topological polar surface area (TPSA) is 0 Å². The van der Waals surface area contributed by atoms with Crippen molar-refractivity contribution >= 4 is 0 Å². The molecule has 0 aromatic heterocycles. The summed E-state index contributed by atoms with van der Waals surface area (Å²) in [5.41, 5.74) is 2.71. The zero-order valence-electron chi connectivity index (χ0n) is 16.1. The summed E-state index contributed by atoms with van der Waals surface area (Å²) in [5.74, 6) is 2.92. The van der Waals surface area contributed by atoms with Crippen LogP contribution in [0.5, 0.6) is 0 Å². The Morgan fingerprint density at radius 1 is 0.750 bits per heavy atom. The lowest BCUT2D eigenvalue weighted by molar-refractivity contribution is 0.575. The molecule has 0 spiro atoms. The third-order valence-electron chi connectivity index (χ3n) is 4.97. The lowest BCUT2D eigenvalue weighted by atomic mass is 9.92. The summed E-state index contributed by atoms with van der Waals surface area (Å²) in [5, 5.41) is 0. The summed E-state index contributed by atoms with van der Waals surface area (Å²) in [7, 11) is 0. The third-order valence-corrected chi connectivity index (χ3v) is 4.97. The molecule has 0 aliphatic carbocycles. The van der Waals surface area contributed by atoms with Crippen molar-refractivity contribution in [2.24, 2.45) is 0 Å². The van der Waals surface area contributed by atoms with Crippen LogP contribution in [0, 0.1) is 12.3 Å². The van der Waals surface area contributed by atoms with Gasteiger partial charge in [-0.25, -0.2) is 0 Å². The van der Waals surface area contributed by atoms with Crippen molar-refractivity contribution in [3.8, 4) is 5.92 Å². The molecule has 0 bridgehead atoms. The van der Waals surface area contributed by atoms with Gasteiger partial charge in [-0.15, -0.1) is 0 Å². The summed E-state index contributed by atoms with van der Waals surface area (Å²) in [6.07, 6.45) is 24.6. The molecule has 0 heteroatoms. The highest BCUT2D eigenvalue weighted by molar-refractivity contribution is 5.29. The van der Waals surface area contributed by atoms with Crippen molar-refractivity contribution in [2.75, 3.05) is 0 Å². The second-order valence-electron chi connectivity index (χ2n) is 7.16. The Kier molecular flexibility index (Phi) is 12.3. The lowest BCUT2D eigenvalue weighted by Gasteiger charge is -2.11. The predicted molar refractivity (Wildman–Crippen MR) is 107 cm³/mol. The quantitative estimate of drug-likeness (QED) is 0.244. The first-order chi connectivity index (χ1) is 11.8. The van der Waals surface area contributed by atoms with Crippen LogP contribution >= 0.6 is 0 Å². The highest BCUT2D eigenvalue weighted by atomic mass is 14.1. The van der Waals surface area contributed by atoms with Gasteiger partial charge in [0.25, 0.3) is 0 Å². The van der Waals surface area contributed by atoms with Gasteiger partial charge in [-0.2, -0.15) is 0 Å². The summed E-state index contributed by atoms with van der Waals surface area (Å²) in [6, 6.07) is 8.97. The Morgan fingerprint density at radius 2 is 1.29 bits per heavy atom. The molecule has 1 aromatic carbocycles. The van der Waals surface area contributed by atoms with Gasteiger partial charge in [0.15, 0.2) is 0 Å². The summed E-state index contributed by atoms with van der Waals surface area (Å²) >= 11 is 0. The molecule has 0 aliphatic heterocycles. The fraction of sp³-hybridized carbons (Fsp3) is 0.667. The summed E-state index contributed by atoms with van der Waals surface area (Å²) in [6.45, 7) is 4.50. The van der Waals surface area contributed by atoms with Gasteiger partial charge in [0.05, 0.1) is 0 Å². The fourth-order valence-electron chi connectivity index (χ4n) is 3.30. The fourth-order valence-corrected chi connectivity index (χ4v) is 3.30. The zero-order chi connectivity index (χ0) is 17.5. The molecule has 0 nitrogen and oxygen atoms in total. The minimum absolute atomic E-state index is 0.189. The van der Waals surface area contributed by atoms with Crippen LogP contribution < -0.4 is 0 Å². The standard InChI is InChI=1S/C24H37/c1-4-7-9-10-11-12-13-15-16-22-18-20-24(21-19-22)23(6-3)17-14-8-5-2/h18-21,23H,4-5,7-17H2,1-2H3. The molecule has 0 aliphatic rings. The molecule has 0 saturated carbocycles. The van der Waals surface area contributed by atoms with Crippen molar-refractivity contribution in [3.05, 3.63) is 41.8 Å². The molecule has 1 rings (SSSR count). The van der Waals surface area contributed by atoms with Crippen molar-refractivity contribution < 1.29 is 0 Å². The van der Waals surface area contributed by atoms with Gasteiger partial charge < -0.3 is 0 Å². The zero-order valence-corrected chi connectivity index (χ0v) is 16.1. The van der Waals surface area contributed by atoms with E-state index in [0.29, 0.717) is 0 Å². The minimum Gasteiger partial charge on any atom is -0.0809 e. The highest BCUT2D eigenvalue weighted by Gasteiger charge is 2.08. The average molecular weight is 326 g/mol. The first-order valence-electron chi connectivity index (χ1n) is 10.3. The molecule has 0 saturated heterocycles. The van der Waals surface area contributed by atoms with Gasteiger partial charge in [-0.05, 0) is 36.8 Å². The Balaban J connectivity index is 2.23. The van der Waals surface area contributed by atoms with E-state index >= 15 is 0 Å². The number of hydrogen-bond donors (Lipinski definition) is 0. The van der Waals surface area contributed by atoms with Crippen LogP contribution in [0.25, 0.3) is 0 Å². The summed E-state index contributed by atoms with van der Waals surface area (Å²) < 4.78 is 0. The molecule has 1 unspecified atom stereocenters. The normalized spacial score (nSPS) is 12.0. The lowest BCUT2D eigenvalue weighted by Crippen LogP contribution is -1.96. The van der Waals surface area contributed by atoms with Crippen LogP contribution in [-0.4, -0.2) is 0 Å². The summed E-state index contributed by atoms with van der Waals surface area (Å²) in [4.78, 5) is 0. The third kappa shape index (κ3) is 9.17. The number of aryl methyl sites for hydroxylation is 1. The molecule has 1 radical (unpaired) electrons. The Labute approximate surface area is 151 Å². The van der Waals surface area contributed by atoms with Crippen LogP contribution in [0.15, 0.2) is 24.3 Å². The van der Waals surface area contributed by atoms with Gasteiger partial charge in [0, 0.05) is 5.92 Å². The van der Waals surface area contributed by atoms with E-state index in [0.717, 1.165) is 6.42 Å². The van der Waals surface area contributed by atoms with Crippen LogP contribution in [0.3, 0.4) is 0 Å². The van der Waals surface area contributed by atoms with E-state index in [9.17, 15) is 0 Å². The highest BCUT2D eigenvalue weighted by Crippen LogP contribution is 2.22. The molecule has 24 heavy (non-hydrogen) atoms. The van der Waals surface area contributed by atoms with Crippen molar-refractivity contribution in [2.45, 2.75) is 103 Å². The van der Waals surface area contributed by atoms with Gasteiger partial charge in [-0.3, -0.25) is 0 Å². The van der Waals surface area contributed by atoms with Crippen LogP contribution in [0.4, 0.5) is 0 Å². The van der Waals surface area contributed by atoms with Gasteiger partial charge >= 0.3 is 0 Å². The maximum absolute atomic E-state index is 7.55. The molecular formula is C24H37. The average Bonchev–Trinajstić information content (AvgIpc) is 2.62. The Bertz CT molecular complexity index is 434. The maximum atomic E-state index is 7.55. The van der Waals surface area contributed by atoms with E-state index in [1.165, 1.54) is 88.2 Å². The van der Waals surface area contributed by atoms with Crippen molar-refractivity contribution in [1.82, 2.24) is 0 Å². The van der Waals surface area contributed by atoms with Gasteiger partial charge in [0.2, 0.25) is 0 Å². The predicted octanol–water partition coefficient (Wildman–Crippen LogP) is 7.62. The first kappa shape index (κ1) is 20.8. The molecule has 1 atom stereocenters. The Morgan fingerprint density at radius 3 is 1.88 bits per heavy atom. The molecule has 0 fully saturated rings. The van der Waals surface area contributed by atoms with E-state index < -0.39 is 0 Å². The van der Waals surface area contributed by atoms with E-state index in [1.807, 2.05) is 0 Å². The smallest absolute Gasteiger partial charge is 0.0462 e. The van der Waals surface area contributed by atoms with Crippen molar-refractivity contribution in [1.29, 1.82) is 0 Å². The molecule has 1 aromatic rings. The van der Waals surface area contributed by atoms with Crippen molar-refractivity contribution in [3.63, 3.8) is 0 Å². The first-order valence-corrected chi connectivity index (χ1v) is 10.3. The molecule has 0 heterocycles. The van der Waals surface area contributed by atoms with E-state index in [1.54, 1.807) is 0 Å². The number of unbranched alkanes of at least 4 members (excludes halogenated alkanes) is 9. The Hall–Kier alpha value is -1.22. The number of benzene rings is 1. The largest absolute Gasteiger partial charge is 0.0809 e. The maximum Gasteiger partial charge on any atom is 0.0462 e. The molecule has 0 N–H and O–H groups in total. The van der Waals surface area contributed by atoms with Crippen LogP contribution in [-0.2, 0) is 6.42 Å². The number of hydrogen-bond acceptors (Lipinski definition) is 0. The monoisotopic (exact) mass is 325 g/mol. The molecule has 133 valence electrons. The number of rotatable bonds is 14. The van der Waals surface area contributed by atoms with Gasteiger partial charge in [0.1, 0.15) is 0 Å².